The summed E-state index contributed by atoms with van der Waals surface area (Å²) < 4.78 is 18.4. The smallest absolute Gasteiger partial charge is 0.273 e. The van der Waals surface area contributed by atoms with Crippen LogP contribution in [0.3, 0.4) is 0 Å². The summed E-state index contributed by atoms with van der Waals surface area (Å²) in [7, 11) is 0. The molecule has 0 radical (unpaired) electrons. The van der Waals surface area contributed by atoms with Gasteiger partial charge in [-0.2, -0.15) is 4.37 Å². The molecule has 1 saturated carbocycles. The summed E-state index contributed by atoms with van der Waals surface area (Å²) in [5, 5.41) is 11.6. The molecule has 1 saturated heterocycles. The Kier molecular flexibility index (Phi) is 6.27. The van der Waals surface area contributed by atoms with E-state index >= 15 is 0 Å². The molecule has 4 unspecified atom stereocenters. The van der Waals surface area contributed by atoms with Crippen LogP contribution in [0, 0.1) is 11.7 Å². The molecular weight excluding hydrogens is 479 g/mol. The number of benzene rings is 1. The summed E-state index contributed by atoms with van der Waals surface area (Å²) in [6, 6.07) is 5.26. The van der Waals surface area contributed by atoms with Crippen molar-refractivity contribution in [1.29, 1.82) is 0 Å². The Bertz CT molecular complexity index is 1240. The van der Waals surface area contributed by atoms with Gasteiger partial charge in [0.05, 0.1) is 11.7 Å². The van der Waals surface area contributed by atoms with E-state index in [1.54, 1.807) is 12.1 Å². The van der Waals surface area contributed by atoms with E-state index in [4.69, 9.17) is 4.98 Å². The van der Waals surface area contributed by atoms with Crippen molar-refractivity contribution in [2.45, 2.75) is 63.5 Å². The van der Waals surface area contributed by atoms with Crippen LogP contribution < -0.4 is 10.9 Å². The predicted octanol–water partition coefficient (Wildman–Crippen LogP) is 3.62. The third-order valence-corrected chi connectivity index (χ3v) is 8.72. The van der Waals surface area contributed by atoms with Gasteiger partial charge in [-0.05, 0) is 78.4 Å². The highest BCUT2D eigenvalue weighted by atomic mass is 32.1. The van der Waals surface area contributed by atoms with Crippen LogP contribution in [0.4, 0.5) is 4.39 Å². The molecule has 8 nitrogen and oxygen atoms in total. The van der Waals surface area contributed by atoms with Crippen molar-refractivity contribution in [3.63, 3.8) is 0 Å². The molecule has 2 aromatic heterocycles. The second kappa shape index (κ2) is 9.57. The molecule has 1 amide bonds. The van der Waals surface area contributed by atoms with E-state index in [1.807, 2.05) is 17.2 Å². The number of carbonyl (C=O) groups is 1. The molecule has 1 aromatic carbocycles. The number of nitrogens with one attached hydrogen (secondary N) is 3. The Labute approximate surface area is 213 Å². The van der Waals surface area contributed by atoms with E-state index < -0.39 is 5.82 Å². The minimum Gasteiger partial charge on any atom is -0.505 e. The summed E-state index contributed by atoms with van der Waals surface area (Å²) in [6.07, 6.45) is 5.15. The predicted molar refractivity (Wildman–Crippen MR) is 134 cm³/mol. The number of aromatic amines is 1. The van der Waals surface area contributed by atoms with Crippen LogP contribution in [0.1, 0.15) is 77.0 Å². The van der Waals surface area contributed by atoms with Crippen LogP contribution in [-0.2, 0) is 19.3 Å². The molecule has 4 heterocycles. The third-order valence-electron chi connectivity index (χ3n) is 8.16. The number of hydrogen-bond donors (Lipinski definition) is 4. The van der Waals surface area contributed by atoms with Gasteiger partial charge in [0.25, 0.3) is 5.91 Å². The first-order chi connectivity index (χ1) is 17.5. The Morgan fingerprint density at radius 1 is 1.25 bits per heavy atom. The molecule has 2 aliphatic heterocycles. The van der Waals surface area contributed by atoms with E-state index in [0.717, 1.165) is 66.9 Å². The molecule has 6 rings (SSSR count). The van der Waals surface area contributed by atoms with E-state index in [-0.39, 0.29) is 29.7 Å². The first-order valence-corrected chi connectivity index (χ1v) is 13.6. The van der Waals surface area contributed by atoms with Crippen molar-refractivity contribution >= 4 is 17.4 Å². The van der Waals surface area contributed by atoms with E-state index in [0.29, 0.717) is 24.7 Å². The molecule has 10 heteroatoms. The normalized spacial score (nSPS) is 25.9. The highest BCUT2D eigenvalue weighted by Gasteiger charge is 2.43. The largest absolute Gasteiger partial charge is 0.505 e. The van der Waals surface area contributed by atoms with Crippen molar-refractivity contribution in [3.05, 3.63) is 63.4 Å². The number of hydrazine groups is 1. The monoisotopic (exact) mass is 510 g/mol. The number of aromatic nitrogens is 3. The number of phenols is 1. The van der Waals surface area contributed by atoms with Gasteiger partial charge in [0.2, 0.25) is 0 Å². The maximum Gasteiger partial charge on any atom is 0.273 e. The molecule has 3 aromatic rings. The summed E-state index contributed by atoms with van der Waals surface area (Å²) in [6.45, 7) is 3.33. The molecule has 0 spiro atoms. The van der Waals surface area contributed by atoms with Gasteiger partial charge in [-0.1, -0.05) is 6.92 Å². The number of amides is 1. The van der Waals surface area contributed by atoms with Crippen LogP contribution >= 0.6 is 11.5 Å². The van der Waals surface area contributed by atoms with Gasteiger partial charge in [0.15, 0.2) is 11.6 Å². The number of fused-ring (bicyclic) bond motifs is 2. The van der Waals surface area contributed by atoms with Crippen molar-refractivity contribution in [3.8, 4) is 5.75 Å². The van der Waals surface area contributed by atoms with E-state index in [1.165, 1.54) is 17.6 Å². The number of nitrogens with zero attached hydrogens (tertiary/aromatic N) is 3. The van der Waals surface area contributed by atoms with Crippen molar-refractivity contribution < 1.29 is 14.3 Å². The van der Waals surface area contributed by atoms with Crippen LogP contribution in [0.5, 0.6) is 5.75 Å². The average Bonchev–Trinajstić information content (AvgIpc) is 3.63. The number of aromatic hydroxyl groups is 1. The molecule has 4 atom stereocenters. The number of H-pyrrole nitrogens is 1. The number of imidazole rings is 1. The zero-order valence-electron chi connectivity index (χ0n) is 20.3. The van der Waals surface area contributed by atoms with E-state index in [2.05, 4.69) is 20.2 Å². The van der Waals surface area contributed by atoms with Crippen LogP contribution in [-0.4, -0.2) is 49.4 Å². The Morgan fingerprint density at radius 2 is 2.11 bits per heavy atom. The summed E-state index contributed by atoms with van der Waals surface area (Å²) >= 11 is 1.30. The number of hydrogen-bond acceptors (Lipinski definition) is 7. The Morgan fingerprint density at radius 3 is 2.92 bits per heavy atom. The van der Waals surface area contributed by atoms with Gasteiger partial charge in [0.1, 0.15) is 11.5 Å². The van der Waals surface area contributed by atoms with Gasteiger partial charge in [-0.25, -0.2) is 14.8 Å². The second-order valence-electron chi connectivity index (χ2n) is 10.1. The summed E-state index contributed by atoms with van der Waals surface area (Å²) in [5.74, 6) is 0.803. The Hall–Kier alpha value is -2.82. The van der Waals surface area contributed by atoms with E-state index in [9.17, 15) is 14.3 Å². The fourth-order valence-electron chi connectivity index (χ4n) is 6.24. The van der Waals surface area contributed by atoms with Gasteiger partial charge >= 0.3 is 0 Å². The minimum absolute atomic E-state index is 0.0115. The van der Waals surface area contributed by atoms with Gasteiger partial charge in [-0.15, -0.1) is 0 Å². The lowest BCUT2D eigenvalue weighted by Gasteiger charge is -2.33. The first-order valence-electron chi connectivity index (χ1n) is 12.8. The molecule has 190 valence electrons. The highest BCUT2D eigenvalue weighted by molar-refractivity contribution is 7.03. The third kappa shape index (κ3) is 4.21. The standard InChI is InChI=1S/C26H31FN6O2S/c1-2-14-12-23(34)18(27)13-17(14)15-3-4-16-22(11-15)30-31-24(16)25-28-19-5-8-33(9-6-20(19)29-25)26(35)21-7-10-36-32-21/h7,10,12-13,15-16,22,24,30-31,34H,2-6,8-9,11H2,1H3,(H,28,29). The molecule has 36 heavy (non-hydrogen) atoms. The summed E-state index contributed by atoms with van der Waals surface area (Å²) in [5.41, 5.74) is 11.7. The van der Waals surface area contributed by atoms with Crippen molar-refractivity contribution in [2.75, 3.05) is 13.1 Å². The zero-order chi connectivity index (χ0) is 24.8. The number of phenolic OH excluding ortho intramolecular Hbond substituents is 1. The lowest BCUT2D eigenvalue weighted by molar-refractivity contribution is 0.0758. The quantitative estimate of drug-likeness (QED) is 0.427. The van der Waals surface area contributed by atoms with Crippen molar-refractivity contribution in [1.82, 2.24) is 30.1 Å². The van der Waals surface area contributed by atoms with Crippen molar-refractivity contribution in [2.24, 2.45) is 5.92 Å². The lowest BCUT2D eigenvalue weighted by atomic mass is 9.73. The van der Waals surface area contributed by atoms with Gasteiger partial charge in [-0.3, -0.25) is 10.2 Å². The molecule has 2 fully saturated rings. The number of rotatable bonds is 4. The molecule has 0 bridgehead atoms. The second-order valence-corrected chi connectivity index (χ2v) is 10.8. The van der Waals surface area contributed by atoms with Gasteiger partial charge < -0.3 is 15.0 Å². The van der Waals surface area contributed by atoms with Crippen LogP contribution in [0.2, 0.25) is 0 Å². The first kappa shape index (κ1) is 23.6. The molecular formula is C26H31FN6O2S. The Balaban J connectivity index is 1.13. The van der Waals surface area contributed by atoms with Gasteiger partial charge in [0, 0.05) is 43.0 Å². The molecule has 1 aliphatic carbocycles. The van der Waals surface area contributed by atoms with Crippen LogP contribution in [0.15, 0.2) is 23.6 Å². The zero-order valence-corrected chi connectivity index (χ0v) is 21.1. The fraction of sp³-hybridized carbons (Fsp3) is 0.500. The topological polar surface area (TPSA) is 106 Å². The number of aryl methyl sites for hydroxylation is 1. The fourth-order valence-corrected chi connectivity index (χ4v) is 6.74. The molecule has 4 N–H and O–H groups in total. The van der Waals surface area contributed by atoms with Crippen LogP contribution in [0.25, 0.3) is 0 Å². The SMILES string of the molecule is CCc1cc(O)c(F)cc1C1CCC2C(C1)NNC2c1nc2c([nH]1)CCN(C(=O)c1ccsn1)CC2. The highest BCUT2D eigenvalue weighted by Crippen LogP contribution is 2.44. The maximum absolute atomic E-state index is 14.2. The lowest BCUT2D eigenvalue weighted by Crippen LogP contribution is -2.35. The summed E-state index contributed by atoms with van der Waals surface area (Å²) in [4.78, 5) is 23.1. The molecule has 3 aliphatic rings. The maximum atomic E-state index is 14.2. The number of halogens is 1. The average molecular weight is 511 g/mol. The number of carbonyl (C=O) groups excluding carboxylic acids is 1. The minimum atomic E-state index is -0.538.